The maximum absolute atomic E-state index is 12.3. The number of carbonyl (C=O) groups is 3. The van der Waals surface area contributed by atoms with Gasteiger partial charge in [-0.25, -0.2) is 4.79 Å². The zero-order valence-corrected chi connectivity index (χ0v) is 15.4. The summed E-state index contributed by atoms with van der Waals surface area (Å²) in [6.45, 7) is 1.18. The van der Waals surface area contributed by atoms with E-state index >= 15 is 0 Å². The Balaban J connectivity index is 1.38. The van der Waals surface area contributed by atoms with Crippen LogP contribution in [0, 0.1) is 0 Å². The van der Waals surface area contributed by atoms with Crippen LogP contribution in [0.25, 0.3) is 0 Å². The molecule has 148 valence electrons. The molecule has 0 unspecified atom stereocenters. The number of hydrogen-bond donors (Lipinski definition) is 3. The van der Waals surface area contributed by atoms with Crippen molar-refractivity contribution >= 4 is 17.9 Å². The molecule has 28 heavy (non-hydrogen) atoms. The molecule has 0 bridgehead atoms. The molecule has 9 nitrogen and oxygen atoms in total. The van der Waals surface area contributed by atoms with Gasteiger partial charge < -0.3 is 20.7 Å². The molecule has 2 aromatic rings. The Morgan fingerprint density at radius 1 is 1.21 bits per heavy atom. The number of aromatic nitrogens is 2. The second kappa shape index (κ2) is 9.03. The number of benzene rings is 1. The number of likely N-dealkylation sites (tertiary alicyclic amines) is 1. The summed E-state index contributed by atoms with van der Waals surface area (Å²) in [4.78, 5) is 36.9. The molecule has 3 rings (SSSR count). The smallest absolute Gasteiger partial charge is 0.407 e. The number of H-pyrrole nitrogens is 1. The van der Waals surface area contributed by atoms with Crippen molar-refractivity contribution < 1.29 is 19.1 Å². The number of nitrogens with zero attached hydrogens (tertiary/aromatic N) is 2. The Kier molecular flexibility index (Phi) is 6.25. The fourth-order valence-electron chi connectivity index (χ4n) is 3.15. The van der Waals surface area contributed by atoms with Gasteiger partial charge in [0.05, 0.1) is 0 Å². The monoisotopic (exact) mass is 385 g/mol. The predicted molar refractivity (Wildman–Crippen MR) is 100 cm³/mol. The largest absolute Gasteiger partial charge is 0.445 e. The van der Waals surface area contributed by atoms with Gasteiger partial charge in [0.15, 0.2) is 0 Å². The number of ether oxygens (including phenoxy) is 1. The second-order valence-corrected chi connectivity index (χ2v) is 6.64. The van der Waals surface area contributed by atoms with E-state index in [2.05, 4.69) is 15.5 Å². The van der Waals surface area contributed by atoms with E-state index in [-0.39, 0.29) is 30.7 Å². The number of rotatable bonds is 6. The maximum Gasteiger partial charge on any atom is 0.407 e. The highest BCUT2D eigenvalue weighted by molar-refractivity contribution is 5.90. The van der Waals surface area contributed by atoms with Crippen molar-refractivity contribution in [3.63, 3.8) is 0 Å². The first kappa shape index (κ1) is 19.4. The minimum absolute atomic E-state index is 0.103. The Morgan fingerprint density at radius 3 is 2.57 bits per heavy atom. The summed E-state index contributed by atoms with van der Waals surface area (Å²) in [5.41, 5.74) is 7.16. The molecule has 4 N–H and O–H groups in total. The quantitative estimate of drug-likeness (QED) is 0.686. The highest BCUT2D eigenvalue weighted by Crippen LogP contribution is 2.26. The number of hydrogen-bond acceptors (Lipinski definition) is 5. The topological polar surface area (TPSA) is 130 Å². The Hall–Kier alpha value is -3.36. The van der Waals surface area contributed by atoms with Gasteiger partial charge in [-0.3, -0.25) is 14.7 Å². The fraction of sp³-hybridized carbons (Fsp3) is 0.368. The molecule has 2 heterocycles. The van der Waals surface area contributed by atoms with E-state index < -0.39 is 12.0 Å². The average molecular weight is 385 g/mol. The number of primary amides is 1. The zero-order valence-electron chi connectivity index (χ0n) is 15.4. The Morgan fingerprint density at radius 2 is 1.93 bits per heavy atom. The molecule has 9 heteroatoms. The Bertz CT molecular complexity index is 828. The molecule has 1 aromatic carbocycles. The van der Waals surface area contributed by atoms with E-state index in [0.29, 0.717) is 13.1 Å². The lowest BCUT2D eigenvalue weighted by atomic mass is 9.93. The van der Waals surface area contributed by atoms with Crippen LogP contribution < -0.4 is 11.1 Å². The van der Waals surface area contributed by atoms with Crippen molar-refractivity contribution in [2.24, 2.45) is 5.73 Å². The lowest BCUT2D eigenvalue weighted by Crippen LogP contribution is -2.43. The zero-order chi connectivity index (χ0) is 19.9. The van der Waals surface area contributed by atoms with Crippen LogP contribution in [0.5, 0.6) is 0 Å². The molecule has 0 atom stereocenters. The highest BCUT2D eigenvalue weighted by Gasteiger charge is 2.25. The fourth-order valence-corrected chi connectivity index (χ4v) is 3.15. The third-order valence-electron chi connectivity index (χ3n) is 4.73. The standard InChI is InChI=1S/C19H23N5O4/c20-18(26)16-10-15(22-23-16)14-6-8-24(9-7-14)17(25)11-21-19(27)28-12-13-4-2-1-3-5-13/h1-5,10,14H,6-9,11-12H2,(H2,20,26)(H,21,27)(H,22,23). The van der Waals surface area contributed by atoms with Crippen LogP contribution >= 0.6 is 0 Å². The van der Waals surface area contributed by atoms with E-state index in [1.54, 1.807) is 11.0 Å². The van der Waals surface area contributed by atoms with Crippen molar-refractivity contribution in [2.45, 2.75) is 25.4 Å². The first-order chi connectivity index (χ1) is 13.5. The highest BCUT2D eigenvalue weighted by atomic mass is 16.5. The summed E-state index contributed by atoms with van der Waals surface area (Å²) >= 11 is 0. The van der Waals surface area contributed by atoms with E-state index in [0.717, 1.165) is 24.1 Å². The molecule has 1 fully saturated rings. The molecule has 1 aromatic heterocycles. The van der Waals surface area contributed by atoms with Crippen molar-refractivity contribution in [1.82, 2.24) is 20.4 Å². The SMILES string of the molecule is NC(=O)c1cc(C2CCN(C(=O)CNC(=O)OCc3ccccc3)CC2)[nH]n1. The number of amides is 3. The molecule has 0 spiro atoms. The van der Waals surface area contributed by atoms with Crippen molar-refractivity contribution in [3.8, 4) is 0 Å². The number of aromatic amines is 1. The van der Waals surface area contributed by atoms with Crippen molar-refractivity contribution in [3.05, 3.63) is 53.3 Å². The number of nitrogens with one attached hydrogen (secondary N) is 2. The molecule has 0 radical (unpaired) electrons. The van der Waals surface area contributed by atoms with Crippen LogP contribution in [-0.4, -0.2) is 52.6 Å². The van der Waals surface area contributed by atoms with E-state index in [1.807, 2.05) is 30.3 Å². The molecular formula is C19H23N5O4. The number of carbonyl (C=O) groups excluding carboxylic acids is 3. The second-order valence-electron chi connectivity index (χ2n) is 6.64. The van der Waals surface area contributed by atoms with Crippen LogP contribution in [0.2, 0.25) is 0 Å². The molecule has 1 aliphatic heterocycles. The normalized spacial score (nSPS) is 14.5. The minimum Gasteiger partial charge on any atom is -0.445 e. The van der Waals surface area contributed by atoms with Crippen LogP contribution in [0.15, 0.2) is 36.4 Å². The van der Waals surface area contributed by atoms with Gasteiger partial charge in [0.1, 0.15) is 18.8 Å². The van der Waals surface area contributed by atoms with Gasteiger partial charge in [0.2, 0.25) is 5.91 Å². The summed E-state index contributed by atoms with van der Waals surface area (Å²) in [6, 6.07) is 11.0. The molecule has 3 amide bonds. The van der Waals surface area contributed by atoms with Gasteiger partial charge in [-0.2, -0.15) is 5.10 Å². The van der Waals surface area contributed by atoms with Gasteiger partial charge in [-0.15, -0.1) is 0 Å². The summed E-state index contributed by atoms with van der Waals surface area (Å²) < 4.78 is 5.09. The van der Waals surface area contributed by atoms with Crippen LogP contribution in [0.3, 0.4) is 0 Å². The summed E-state index contributed by atoms with van der Waals surface area (Å²) in [5.74, 6) is -0.536. The average Bonchev–Trinajstić information content (AvgIpc) is 3.22. The third-order valence-corrected chi connectivity index (χ3v) is 4.73. The Labute approximate surface area is 162 Å². The van der Waals surface area contributed by atoms with Crippen molar-refractivity contribution in [1.29, 1.82) is 0 Å². The lowest BCUT2D eigenvalue weighted by Gasteiger charge is -2.31. The first-order valence-electron chi connectivity index (χ1n) is 9.10. The maximum atomic E-state index is 12.3. The van der Waals surface area contributed by atoms with Gasteiger partial charge in [0.25, 0.3) is 5.91 Å². The predicted octanol–water partition coefficient (Wildman–Crippen LogP) is 1.14. The molecule has 0 aliphatic carbocycles. The summed E-state index contributed by atoms with van der Waals surface area (Å²) in [7, 11) is 0. The van der Waals surface area contributed by atoms with E-state index in [9.17, 15) is 14.4 Å². The first-order valence-corrected chi connectivity index (χ1v) is 9.10. The number of piperidine rings is 1. The number of alkyl carbamates (subject to hydrolysis) is 1. The van der Waals surface area contributed by atoms with E-state index in [1.165, 1.54) is 0 Å². The van der Waals surface area contributed by atoms with Crippen LogP contribution in [0.4, 0.5) is 4.79 Å². The van der Waals surface area contributed by atoms with Gasteiger partial charge in [-0.1, -0.05) is 30.3 Å². The minimum atomic E-state index is -0.622. The van der Waals surface area contributed by atoms with E-state index in [4.69, 9.17) is 10.5 Å². The molecule has 0 saturated carbocycles. The van der Waals surface area contributed by atoms with Crippen molar-refractivity contribution in [2.75, 3.05) is 19.6 Å². The lowest BCUT2D eigenvalue weighted by molar-refractivity contribution is -0.131. The van der Waals surface area contributed by atoms with Gasteiger partial charge in [0, 0.05) is 24.7 Å². The number of nitrogens with two attached hydrogens (primary N) is 1. The summed E-state index contributed by atoms with van der Waals surface area (Å²) in [6.07, 6.45) is 0.860. The van der Waals surface area contributed by atoms with Crippen LogP contribution in [0.1, 0.15) is 40.5 Å². The molecule has 1 aliphatic rings. The van der Waals surface area contributed by atoms with Gasteiger partial charge >= 0.3 is 6.09 Å². The molecule has 1 saturated heterocycles. The van der Waals surface area contributed by atoms with Crippen LogP contribution in [-0.2, 0) is 16.1 Å². The summed E-state index contributed by atoms with van der Waals surface area (Å²) in [5, 5.41) is 9.22. The third kappa shape index (κ3) is 5.09. The van der Waals surface area contributed by atoms with Gasteiger partial charge in [-0.05, 0) is 24.5 Å². The molecular weight excluding hydrogens is 362 g/mol.